The van der Waals surface area contributed by atoms with Crippen molar-refractivity contribution in [1.29, 1.82) is 0 Å². The van der Waals surface area contributed by atoms with Crippen molar-refractivity contribution >= 4 is 0 Å². The molecule has 0 amide bonds. The van der Waals surface area contributed by atoms with Crippen LogP contribution in [0.1, 0.15) is 24.4 Å². The lowest BCUT2D eigenvalue weighted by Crippen LogP contribution is -2.43. The number of hydrogen-bond donors (Lipinski definition) is 1. The monoisotopic (exact) mass is 220 g/mol. The summed E-state index contributed by atoms with van der Waals surface area (Å²) in [5, 5.41) is 0. The molecule has 1 heterocycles. The van der Waals surface area contributed by atoms with Gasteiger partial charge in [-0.2, -0.15) is 0 Å². The summed E-state index contributed by atoms with van der Waals surface area (Å²) in [6.45, 7) is 1.12. The SMILES string of the molecule is COc1cccc(C2C(N)CCCN2C)c1. The summed E-state index contributed by atoms with van der Waals surface area (Å²) < 4.78 is 5.26. The molecule has 0 bridgehead atoms. The fourth-order valence-corrected chi connectivity index (χ4v) is 2.53. The van der Waals surface area contributed by atoms with Gasteiger partial charge >= 0.3 is 0 Å². The van der Waals surface area contributed by atoms with Gasteiger partial charge in [-0.05, 0) is 44.1 Å². The average Bonchev–Trinajstić information content (AvgIpc) is 2.29. The number of nitrogens with two attached hydrogens (primary N) is 1. The van der Waals surface area contributed by atoms with Gasteiger partial charge in [-0.1, -0.05) is 12.1 Å². The molecule has 1 aromatic rings. The predicted octanol–water partition coefficient (Wildman–Crippen LogP) is 1.79. The van der Waals surface area contributed by atoms with Crippen molar-refractivity contribution in [3.05, 3.63) is 29.8 Å². The van der Waals surface area contributed by atoms with Crippen molar-refractivity contribution < 1.29 is 4.74 Å². The minimum absolute atomic E-state index is 0.228. The second-order valence-electron chi connectivity index (χ2n) is 4.51. The van der Waals surface area contributed by atoms with Crippen LogP contribution in [0.2, 0.25) is 0 Å². The van der Waals surface area contributed by atoms with E-state index in [1.165, 1.54) is 12.0 Å². The first-order chi connectivity index (χ1) is 7.72. The van der Waals surface area contributed by atoms with Crippen LogP contribution in [-0.2, 0) is 0 Å². The zero-order valence-electron chi connectivity index (χ0n) is 10.0. The number of hydrogen-bond acceptors (Lipinski definition) is 3. The number of ether oxygens (including phenoxy) is 1. The molecule has 2 rings (SSSR count). The van der Waals surface area contributed by atoms with Gasteiger partial charge in [-0.3, -0.25) is 4.90 Å². The molecule has 0 spiro atoms. The van der Waals surface area contributed by atoms with Gasteiger partial charge in [0, 0.05) is 12.1 Å². The molecule has 88 valence electrons. The largest absolute Gasteiger partial charge is 0.497 e. The lowest BCUT2D eigenvalue weighted by Gasteiger charge is -2.37. The molecule has 0 aromatic heterocycles. The van der Waals surface area contributed by atoms with Crippen molar-refractivity contribution in [2.45, 2.75) is 24.9 Å². The van der Waals surface area contributed by atoms with Crippen molar-refractivity contribution in [2.24, 2.45) is 5.73 Å². The van der Waals surface area contributed by atoms with Crippen LogP contribution in [0, 0.1) is 0 Å². The molecular weight excluding hydrogens is 200 g/mol. The maximum atomic E-state index is 6.21. The van der Waals surface area contributed by atoms with Gasteiger partial charge in [0.2, 0.25) is 0 Å². The van der Waals surface area contributed by atoms with Gasteiger partial charge in [0.05, 0.1) is 7.11 Å². The Kier molecular flexibility index (Phi) is 3.46. The van der Waals surface area contributed by atoms with Gasteiger partial charge in [0.25, 0.3) is 0 Å². The summed E-state index contributed by atoms with van der Waals surface area (Å²) >= 11 is 0. The highest BCUT2D eigenvalue weighted by Gasteiger charge is 2.27. The number of likely N-dealkylation sites (tertiary alicyclic amines) is 1. The topological polar surface area (TPSA) is 38.5 Å². The quantitative estimate of drug-likeness (QED) is 0.825. The average molecular weight is 220 g/mol. The minimum Gasteiger partial charge on any atom is -0.497 e. The van der Waals surface area contributed by atoms with E-state index in [0.717, 1.165) is 18.7 Å². The van der Waals surface area contributed by atoms with Gasteiger partial charge in [0.15, 0.2) is 0 Å². The van der Waals surface area contributed by atoms with E-state index in [1.807, 2.05) is 12.1 Å². The van der Waals surface area contributed by atoms with Gasteiger partial charge < -0.3 is 10.5 Å². The number of methoxy groups -OCH3 is 1. The summed E-state index contributed by atoms with van der Waals surface area (Å²) in [4.78, 5) is 2.34. The molecule has 2 unspecified atom stereocenters. The Morgan fingerprint density at radius 2 is 2.25 bits per heavy atom. The fraction of sp³-hybridized carbons (Fsp3) is 0.538. The third-order valence-corrected chi connectivity index (χ3v) is 3.36. The Bertz CT molecular complexity index is 344. The summed E-state index contributed by atoms with van der Waals surface area (Å²) in [6.07, 6.45) is 2.30. The third kappa shape index (κ3) is 2.20. The number of nitrogens with zero attached hydrogens (tertiary/aromatic N) is 1. The Morgan fingerprint density at radius 1 is 1.44 bits per heavy atom. The highest BCUT2D eigenvalue weighted by Crippen LogP contribution is 2.30. The Hall–Kier alpha value is -1.06. The minimum atomic E-state index is 0.228. The first kappa shape index (κ1) is 11.4. The van der Waals surface area contributed by atoms with E-state index in [9.17, 15) is 0 Å². The normalized spacial score (nSPS) is 26.7. The smallest absolute Gasteiger partial charge is 0.119 e. The summed E-state index contributed by atoms with van der Waals surface area (Å²) in [7, 11) is 3.84. The van der Waals surface area contributed by atoms with Crippen LogP contribution in [0.5, 0.6) is 5.75 Å². The molecule has 1 fully saturated rings. The van der Waals surface area contributed by atoms with Crippen molar-refractivity contribution in [1.82, 2.24) is 4.90 Å². The van der Waals surface area contributed by atoms with Crippen LogP contribution >= 0.6 is 0 Å². The molecule has 2 atom stereocenters. The van der Waals surface area contributed by atoms with E-state index in [-0.39, 0.29) is 6.04 Å². The van der Waals surface area contributed by atoms with Crippen LogP contribution in [-0.4, -0.2) is 31.6 Å². The molecule has 0 saturated carbocycles. The third-order valence-electron chi connectivity index (χ3n) is 3.36. The first-order valence-corrected chi connectivity index (χ1v) is 5.82. The molecular formula is C13H20N2O. The second kappa shape index (κ2) is 4.85. The number of benzene rings is 1. The van der Waals surface area contributed by atoms with Crippen LogP contribution in [0.15, 0.2) is 24.3 Å². The van der Waals surface area contributed by atoms with E-state index >= 15 is 0 Å². The highest BCUT2D eigenvalue weighted by atomic mass is 16.5. The van der Waals surface area contributed by atoms with Gasteiger partial charge in [0.1, 0.15) is 5.75 Å². The zero-order valence-corrected chi connectivity index (χ0v) is 10.0. The number of piperidine rings is 1. The van der Waals surface area contributed by atoms with Crippen molar-refractivity contribution in [2.75, 3.05) is 20.7 Å². The van der Waals surface area contributed by atoms with Crippen LogP contribution < -0.4 is 10.5 Å². The van der Waals surface area contributed by atoms with Crippen LogP contribution in [0.4, 0.5) is 0 Å². The maximum absolute atomic E-state index is 6.21. The van der Waals surface area contributed by atoms with Gasteiger partial charge in [-0.25, -0.2) is 0 Å². The molecule has 1 aliphatic rings. The molecule has 3 nitrogen and oxygen atoms in total. The molecule has 3 heteroatoms. The molecule has 1 aromatic carbocycles. The predicted molar refractivity (Wildman–Crippen MR) is 65.6 cm³/mol. The summed E-state index contributed by atoms with van der Waals surface area (Å²) in [5.41, 5.74) is 7.47. The lowest BCUT2D eigenvalue weighted by molar-refractivity contribution is 0.162. The number of likely N-dealkylation sites (N-methyl/N-ethyl adjacent to an activating group) is 1. The van der Waals surface area contributed by atoms with E-state index in [4.69, 9.17) is 10.5 Å². The molecule has 16 heavy (non-hydrogen) atoms. The van der Waals surface area contributed by atoms with E-state index < -0.39 is 0 Å². The Labute approximate surface area is 97.2 Å². The molecule has 2 N–H and O–H groups in total. The van der Waals surface area contributed by atoms with Crippen LogP contribution in [0.3, 0.4) is 0 Å². The lowest BCUT2D eigenvalue weighted by atomic mass is 9.91. The maximum Gasteiger partial charge on any atom is 0.119 e. The van der Waals surface area contributed by atoms with Gasteiger partial charge in [-0.15, -0.1) is 0 Å². The molecule has 1 aliphatic heterocycles. The fourth-order valence-electron chi connectivity index (χ4n) is 2.53. The Balaban J connectivity index is 2.26. The molecule has 0 radical (unpaired) electrons. The van der Waals surface area contributed by atoms with Crippen LogP contribution in [0.25, 0.3) is 0 Å². The summed E-state index contributed by atoms with van der Waals surface area (Å²) in [5.74, 6) is 0.906. The van der Waals surface area contributed by atoms with E-state index in [1.54, 1.807) is 7.11 Å². The van der Waals surface area contributed by atoms with E-state index in [2.05, 4.69) is 24.1 Å². The summed E-state index contributed by atoms with van der Waals surface area (Å²) in [6, 6.07) is 8.78. The van der Waals surface area contributed by atoms with E-state index in [0.29, 0.717) is 6.04 Å². The van der Waals surface area contributed by atoms with Crippen molar-refractivity contribution in [3.63, 3.8) is 0 Å². The molecule has 0 aliphatic carbocycles. The van der Waals surface area contributed by atoms with Crippen molar-refractivity contribution in [3.8, 4) is 5.75 Å². The standard InChI is InChI=1S/C13H20N2O/c1-15-8-4-7-12(14)13(15)10-5-3-6-11(9-10)16-2/h3,5-6,9,12-13H,4,7-8,14H2,1-2H3. The highest BCUT2D eigenvalue weighted by molar-refractivity contribution is 5.31. The first-order valence-electron chi connectivity index (χ1n) is 5.82. The number of rotatable bonds is 2. The Morgan fingerprint density at radius 3 is 2.94 bits per heavy atom. The molecule has 1 saturated heterocycles. The second-order valence-corrected chi connectivity index (χ2v) is 4.51. The zero-order chi connectivity index (χ0) is 11.5.